The summed E-state index contributed by atoms with van der Waals surface area (Å²) in [4.78, 5) is 14.0. The van der Waals surface area contributed by atoms with Crippen LogP contribution in [-0.2, 0) is 0 Å². The third-order valence-electron chi connectivity index (χ3n) is 2.30. The summed E-state index contributed by atoms with van der Waals surface area (Å²) in [7, 11) is 0. The van der Waals surface area contributed by atoms with E-state index in [1.165, 1.54) is 0 Å². The maximum Gasteiger partial charge on any atom is 0.161 e. The molecule has 18 heavy (non-hydrogen) atoms. The first-order valence-electron chi connectivity index (χ1n) is 4.78. The fourth-order valence-corrected chi connectivity index (χ4v) is 1.41. The molecule has 0 aliphatic rings. The third kappa shape index (κ3) is 2.09. The number of carbonyl (C=O) groups is 1. The zero-order valence-electron chi connectivity index (χ0n) is 8.75. The highest BCUT2D eigenvalue weighted by Crippen LogP contribution is 2.24. The Morgan fingerprint density at radius 3 is 2.22 bits per heavy atom. The average molecular weight is 255 g/mol. The Bertz CT molecular complexity index is 628. The van der Waals surface area contributed by atoms with E-state index in [4.69, 9.17) is 0 Å². The molecule has 0 saturated heterocycles. The van der Waals surface area contributed by atoms with Gasteiger partial charge in [-0.3, -0.25) is 9.78 Å². The molecule has 0 unspecified atom stereocenters. The molecule has 2 rings (SSSR count). The largest absolute Gasteiger partial charge is 0.298 e. The van der Waals surface area contributed by atoms with Crippen LogP contribution >= 0.6 is 0 Å². The molecule has 0 aliphatic carbocycles. The van der Waals surface area contributed by atoms with Gasteiger partial charge in [-0.25, -0.2) is 17.6 Å². The van der Waals surface area contributed by atoms with Crippen LogP contribution in [0, 0.1) is 23.3 Å². The smallest absolute Gasteiger partial charge is 0.161 e. The summed E-state index contributed by atoms with van der Waals surface area (Å²) >= 11 is 0. The minimum Gasteiger partial charge on any atom is -0.298 e. The van der Waals surface area contributed by atoms with Crippen molar-refractivity contribution in [2.45, 2.75) is 0 Å². The Morgan fingerprint density at radius 2 is 1.56 bits per heavy atom. The van der Waals surface area contributed by atoms with E-state index < -0.39 is 23.3 Å². The molecular formula is C12H5F4NO. The van der Waals surface area contributed by atoms with Crippen LogP contribution in [0.25, 0.3) is 11.3 Å². The SMILES string of the molecule is O=Cc1cc(-c2cc(F)c(F)cc2F)ncc1F. The van der Waals surface area contributed by atoms with Crippen molar-refractivity contribution in [3.05, 3.63) is 53.2 Å². The number of aldehydes is 1. The van der Waals surface area contributed by atoms with Gasteiger partial charge < -0.3 is 0 Å². The van der Waals surface area contributed by atoms with Crippen LogP contribution in [-0.4, -0.2) is 11.3 Å². The fourth-order valence-electron chi connectivity index (χ4n) is 1.41. The standard InChI is InChI=1S/C12H5F4NO/c13-8-3-10(15)9(14)2-7(8)12-1-6(5-18)11(16)4-17-12/h1-5H. The van der Waals surface area contributed by atoms with Crippen molar-refractivity contribution in [1.29, 1.82) is 0 Å². The number of halogens is 4. The Kier molecular flexibility index (Phi) is 3.10. The van der Waals surface area contributed by atoms with Crippen LogP contribution in [0.5, 0.6) is 0 Å². The zero-order chi connectivity index (χ0) is 13.3. The van der Waals surface area contributed by atoms with Crippen molar-refractivity contribution < 1.29 is 22.4 Å². The van der Waals surface area contributed by atoms with Crippen LogP contribution in [0.2, 0.25) is 0 Å². The molecule has 2 nitrogen and oxygen atoms in total. The Hall–Kier alpha value is -2.24. The number of hydrogen-bond acceptors (Lipinski definition) is 2. The van der Waals surface area contributed by atoms with E-state index in [1.807, 2.05) is 0 Å². The third-order valence-corrected chi connectivity index (χ3v) is 2.30. The summed E-state index contributed by atoms with van der Waals surface area (Å²) in [5.74, 6) is -4.53. The van der Waals surface area contributed by atoms with Crippen molar-refractivity contribution in [1.82, 2.24) is 4.98 Å². The van der Waals surface area contributed by atoms with Crippen molar-refractivity contribution in [2.24, 2.45) is 0 Å². The van der Waals surface area contributed by atoms with Gasteiger partial charge in [0.1, 0.15) is 5.82 Å². The lowest BCUT2D eigenvalue weighted by Crippen LogP contribution is -1.96. The van der Waals surface area contributed by atoms with Crippen LogP contribution in [0.1, 0.15) is 10.4 Å². The molecule has 92 valence electrons. The van der Waals surface area contributed by atoms with Crippen LogP contribution in [0.15, 0.2) is 24.4 Å². The van der Waals surface area contributed by atoms with Gasteiger partial charge in [-0.1, -0.05) is 0 Å². The van der Waals surface area contributed by atoms with E-state index in [9.17, 15) is 22.4 Å². The lowest BCUT2D eigenvalue weighted by atomic mass is 10.1. The first-order valence-corrected chi connectivity index (χ1v) is 4.78. The predicted octanol–water partition coefficient (Wildman–Crippen LogP) is 3.12. The number of nitrogens with zero attached hydrogens (tertiary/aromatic N) is 1. The van der Waals surface area contributed by atoms with Gasteiger partial charge in [-0.15, -0.1) is 0 Å². The van der Waals surface area contributed by atoms with Crippen molar-refractivity contribution in [2.75, 3.05) is 0 Å². The normalized spacial score (nSPS) is 10.4. The second kappa shape index (κ2) is 4.56. The molecule has 0 bridgehead atoms. The molecular weight excluding hydrogens is 250 g/mol. The summed E-state index contributed by atoms with van der Waals surface area (Å²) in [5.41, 5.74) is -0.851. The molecule has 0 radical (unpaired) electrons. The Balaban J connectivity index is 2.62. The summed E-state index contributed by atoms with van der Waals surface area (Å²) in [6.45, 7) is 0. The van der Waals surface area contributed by atoms with E-state index in [-0.39, 0.29) is 23.1 Å². The van der Waals surface area contributed by atoms with Crippen LogP contribution < -0.4 is 0 Å². The maximum absolute atomic E-state index is 13.4. The van der Waals surface area contributed by atoms with Gasteiger partial charge in [0.2, 0.25) is 0 Å². The second-order valence-electron chi connectivity index (χ2n) is 3.46. The zero-order valence-corrected chi connectivity index (χ0v) is 8.75. The highest BCUT2D eigenvalue weighted by Gasteiger charge is 2.14. The Morgan fingerprint density at radius 1 is 0.889 bits per heavy atom. The van der Waals surface area contributed by atoms with E-state index >= 15 is 0 Å². The summed E-state index contributed by atoms with van der Waals surface area (Å²) in [6, 6.07) is 1.91. The van der Waals surface area contributed by atoms with Gasteiger partial charge in [0.25, 0.3) is 0 Å². The highest BCUT2D eigenvalue weighted by atomic mass is 19.2. The number of carbonyl (C=O) groups excluding carboxylic acids is 1. The summed E-state index contributed by atoms with van der Waals surface area (Å²) < 4.78 is 52.2. The minimum atomic E-state index is -1.34. The van der Waals surface area contributed by atoms with Crippen molar-refractivity contribution in [3.8, 4) is 11.3 Å². The minimum absolute atomic E-state index is 0.157. The number of rotatable bonds is 2. The lowest BCUT2D eigenvalue weighted by molar-refractivity contribution is 0.111. The van der Waals surface area contributed by atoms with Gasteiger partial charge in [0.05, 0.1) is 17.5 Å². The lowest BCUT2D eigenvalue weighted by Gasteiger charge is -2.04. The first-order chi connectivity index (χ1) is 8.52. The van der Waals surface area contributed by atoms with Gasteiger partial charge >= 0.3 is 0 Å². The van der Waals surface area contributed by atoms with E-state index in [1.54, 1.807) is 0 Å². The molecule has 0 saturated carbocycles. The van der Waals surface area contributed by atoms with Gasteiger partial charge in [-0.2, -0.15) is 0 Å². The highest BCUT2D eigenvalue weighted by molar-refractivity contribution is 5.78. The molecule has 6 heteroatoms. The first kappa shape index (κ1) is 12.2. The molecule has 0 fully saturated rings. The quantitative estimate of drug-likeness (QED) is 0.469. The molecule has 1 aromatic carbocycles. The molecule has 0 amide bonds. The average Bonchev–Trinajstić information content (AvgIpc) is 2.35. The van der Waals surface area contributed by atoms with Crippen molar-refractivity contribution >= 4 is 6.29 Å². The van der Waals surface area contributed by atoms with Gasteiger partial charge in [0.15, 0.2) is 23.7 Å². The number of benzene rings is 1. The summed E-state index contributed by atoms with van der Waals surface area (Å²) in [5, 5.41) is 0. The topological polar surface area (TPSA) is 30.0 Å². The Labute approximate surface area is 98.9 Å². The van der Waals surface area contributed by atoms with Crippen molar-refractivity contribution in [3.63, 3.8) is 0 Å². The van der Waals surface area contributed by atoms with Crippen LogP contribution in [0.4, 0.5) is 17.6 Å². The maximum atomic E-state index is 13.4. The number of pyridine rings is 1. The van der Waals surface area contributed by atoms with E-state index in [0.717, 1.165) is 6.07 Å². The monoisotopic (exact) mass is 255 g/mol. The van der Waals surface area contributed by atoms with E-state index in [0.29, 0.717) is 18.3 Å². The second-order valence-corrected chi connectivity index (χ2v) is 3.46. The summed E-state index contributed by atoms with van der Waals surface area (Å²) in [6.07, 6.45) is 0.929. The molecule has 0 atom stereocenters. The van der Waals surface area contributed by atoms with E-state index in [2.05, 4.69) is 4.98 Å². The molecule has 0 aliphatic heterocycles. The molecule has 0 spiro atoms. The molecule has 1 heterocycles. The van der Waals surface area contributed by atoms with Gasteiger partial charge in [-0.05, 0) is 12.1 Å². The fraction of sp³-hybridized carbons (Fsp3) is 0. The van der Waals surface area contributed by atoms with Gasteiger partial charge in [0, 0.05) is 11.6 Å². The predicted molar refractivity (Wildman–Crippen MR) is 54.9 cm³/mol. The number of hydrogen-bond donors (Lipinski definition) is 0. The molecule has 1 aromatic heterocycles. The molecule has 0 N–H and O–H groups in total. The molecule has 2 aromatic rings. The van der Waals surface area contributed by atoms with Crippen LogP contribution in [0.3, 0.4) is 0 Å². The number of aromatic nitrogens is 1.